The second-order valence-electron chi connectivity index (χ2n) is 7.42. The van der Waals surface area contributed by atoms with Crippen molar-refractivity contribution in [1.29, 1.82) is 0 Å². The highest BCUT2D eigenvalue weighted by atomic mass is 16.5. The Bertz CT molecular complexity index is 894. The molecule has 0 saturated carbocycles. The zero-order chi connectivity index (χ0) is 21.3. The van der Waals surface area contributed by atoms with Gasteiger partial charge in [0.05, 0.1) is 23.6 Å². The first-order valence-corrected chi connectivity index (χ1v) is 10.2. The second kappa shape index (κ2) is 10.4. The molecule has 0 aliphatic heterocycles. The maximum absolute atomic E-state index is 5.94. The van der Waals surface area contributed by atoms with E-state index in [2.05, 4.69) is 0 Å². The summed E-state index contributed by atoms with van der Waals surface area (Å²) in [5.74, 6) is 1.21. The molecule has 3 aromatic rings. The van der Waals surface area contributed by atoms with Gasteiger partial charge in [0, 0.05) is 11.1 Å². The third-order valence-electron chi connectivity index (χ3n) is 4.05. The van der Waals surface area contributed by atoms with Crippen LogP contribution in [0.25, 0.3) is 0 Å². The number of hydrogen-bond acceptors (Lipinski definition) is 4. The van der Waals surface area contributed by atoms with Gasteiger partial charge in [0.15, 0.2) is 0 Å². The first-order chi connectivity index (χ1) is 14.5. The van der Waals surface area contributed by atoms with E-state index < -0.39 is 0 Å². The molecule has 0 amide bonds. The van der Waals surface area contributed by atoms with Gasteiger partial charge < -0.3 is 9.47 Å². The van der Waals surface area contributed by atoms with Crippen molar-refractivity contribution in [3.63, 3.8) is 0 Å². The molecule has 154 valence electrons. The van der Waals surface area contributed by atoms with E-state index in [9.17, 15) is 0 Å². The largest absolute Gasteiger partial charge is 0.475 e. The SMILES string of the molecule is CC(C)OC(=Nc1ccc(N=C(OC(C)C)c2ccccc2)cc1)c1ccccc1. The van der Waals surface area contributed by atoms with E-state index in [1.54, 1.807) is 0 Å². The Balaban J connectivity index is 1.88. The van der Waals surface area contributed by atoms with Crippen molar-refractivity contribution in [2.45, 2.75) is 39.9 Å². The normalized spacial score (nSPS) is 12.3. The minimum atomic E-state index is 0.0365. The van der Waals surface area contributed by atoms with E-state index in [0.29, 0.717) is 11.8 Å². The van der Waals surface area contributed by atoms with Crippen LogP contribution in [0.4, 0.5) is 11.4 Å². The van der Waals surface area contributed by atoms with Crippen molar-refractivity contribution >= 4 is 23.2 Å². The maximum Gasteiger partial charge on any atom is 0.221 e. The van der Waals surface area contributed by atoms with E-state index in [4.69, 9.17) is 19.5 Å². The number of ether oxygens (including phenoxy) is 2. The van der Waals surface area contributed by atoms with Gasteiger partial charge in [-0.1, -0.05) is 36.4 Å². The number of hydrogen-bond donors (Lipinski definition) is 0. The molecule has 0 aromatic heterocycles. The molecule has 0 aliphatic rings. The summed E-state index contributed by atoms with van der Waals surface area (Å²) in [5.41, 5.74) is 3.51. The average Bonchev–Trinajstić information content (AvgIpc) is 2.75. The van der Waals surface area contributed by atoms with Crippen LogP contribution in [0.2, 0.25) is 0 Å². The number of aliphatic imine (C=N–C) groups is 2. The van der Waals surface area contributed by atoms with Crippen LogP contribution >= 0.6 is 0 Å². The summed E-state index contributed by atoms with van der Waals surface area (Å²) in [6.45, 7) is 7.98. The molecule has 0 saturated heterocycles. The summed E-state index contributed by atoms with van der Waals surface area (Å²) in [4.78, 5) is 9.42. The van der Waals surface area contributed by atoms with Gasteiger partial charge in [-0.2, -0.15) is 0 Å². The Morgan fingerprint density at radius 3 is 1.17 bits per heavy atom. The Morgan fingerprint density at radius 2 is 0.867 bits per heavy atom. The number of rotatable bonds is 6. The summed E-state index contributed by atoms with van der Waals surface area (Å²) in [6.07, 6.45) is 0.0730. The molecular weight excluding hydrogens is 372 g/mol. The molecule has 0 unspecified atom stereocenters. The van der Waals surface area contributed by atoms with Crippen LogP contribution in [-0.2, 0) is 9.47 Å². The Kier molecular flexibility index (Phi) is 7.39. The standard InChI is InChI=1S/C26H28N2O2/c1-19(2)29-25(21-11-7-5-8-12-21)27-23-15-17-24(18-16-23)28-26(30-20(3)4)22-13-9-6-10-14-22/h5-20H,1-4H3. The van der Waals surface area contributed by atoms with Gasteiger partial charge in [-0.05, 0) is 76.2 Å². The Hall–Kier alpha value is -3.40. The smallest absolute Gasteiger partial charge is 0.221 e. The fraction of sp³-hybridized carbons (Fsp3) is 0.231. The third kappa shape index (κ3) is 6.31. The molecule has 30 heavy (non-hydrogen) atoms. The molecule has 0 heterocycles. The summed E-state index contributed by atoms with van der Waals surface area (Å²) in [7, 11) is 0. The van der Waals surface area contributed by atoms with Crippen LogP contribution in [0.3, 0.4) is 0 Å². The lowest BCUT2D eigenvalue weighted by molar-refractivity contribution is 0.229. The van der Waals surface area contributed by atoms with Gasteiger partial charge >= 0.3 is 0 Å². The molecule has 0 atom stereocenters. The van der Waals surface area contributed by atoms with Crippen molar-refractivity contribution in [3.05, 3.63) is 96.1 Å². The minimum Gasteiger partial charge on any atom is -0.475 e. The highest BCUT2D eigenvalue weighted by Crippen LogP contribution is 2.22. The molecule has 0 aliphatic carbocycles. The van der Waals surface area contributed by atoms with E-state index in [0.717, 1.165) is 22.5 Å². The van der Waals surface area contributed by atoms with Crippen molar-refractivity contribution in [3.8, 4) is 0 Å². The molecule has 4 nitrogen and oxygen atoms in total. The third-order valence-corrected chi connectivity index (χ3v) is 4.05. The highest BCUT2D eigenvalue weighted by molar-refractivity contribution is 5.97. The second-order valence-corrected chi connectivity index (χ2v) is 7.42. The lowest BCUT2D eigenvalue weighted by Crippen LogP contribution is -2.12. The summed E-state index contributed by atoms with van der Waals surface area (Å²) < 4.78 is 11.9. The zero-order valence-electron chi connectivity index (χ0n) is 17.9. The van der Waals surface area contributed by atoms with Crippen LogP contribution in [0.5, 0.6) is 0 Å². The monoisotopic (exact) mass is 400 g/mol. The number of nitrogens with zero attached hydrogens (tertiary/aromatic N) is 2. The molecule has 0 N–H and O–H groups in total. The van der Waals surface area contributed by atoms with Crippen LogP contribution in [0.15, 0.2) is 94.9 Å². The van der Waals surface area contributed by atoms with Crippen molar-refractivity contribution in [2.75, 3.05) is 0 Å². The quantitative estimate of drug-likeness (QED) is 0.341. The van der Waals surface area contributed by atoms with E-state index >= 15 is 0 Å². The average molecular weight is 401 g/mol. The van der Waals surface area contributed by atoms with Gasteiger partial charge in [0.25, 0.3) is 0 Å². The lowest BCUT2D eigenvalue weighted by atomic mass is 10.2. The van der Waals surface area contributed by atoms with E-state index in [-0.39, 0.29) is 12.2 Å². The van der Waals surface area contributed by atoms with Gasteiger partial charge in [0.1, 0.15) is 0 Å². The minimum absolute atomic E-state index is 0.0365. The Labute approximate surface area is 178 Å². The molecule has 0 radical (unpaired) electrons. The fourth-order valence-corrected chi connectivity index (χ4v) is 2.76. The fourth-order valence-electron chi connectivity index (χ4n) is 2.76. The van der Waals surface area contributed by atoms with E-state index in [1.807, 2.05) is 113 Å². The molecule has 3 aromatic carbocycles. The molecular formula is C26H28N2O2. The van der Waals surface area contributed by atoms with Crippen LogP contribution < -0.4 is 0 Å². The van der Waals surface area contributed by atoms with Crippen LogP contribution in [0, 0.1) is 0 Å². The van der Waals surface area contributed by atoms with Crippen molar-refractivity contribution in [1.82, 2.24) is 0 Å². The first-order valence-electron chi connectivity index (χ1n) is 10.2. The zero-order valence-corrected chi connectivity index (χ0v) is 17.9. The Morgan fingerprint density at radius 1 is 0.533 bits per heavy atom. The highest BCUT2D eigenvalue weighted by Gasteiger charge is 2.09. The number of benzene rings is 3. The van der Waals surface area contributed by atoms with Gasteiger partial charge in [0.2, 0.25) is 11.8 Å². The van der Waals surface area contributed by atoms with Crippen LogP contribution in [0.1, 0.15) is 38.8 Å². The summed E-state index contributed by atoms with van der Waals surface area (Å²) in [6, 6.07) is 27.6. The van der Waals surface area contributed by atoms with Gasteiger partial charge in [-0.3, -0.25) is 0 Å². The molecule has 3 rings (SSSR count). The molecule has 4 heteroatoms. The van der Waals surface area contributed by atoms with Crippen LogP contribution in [-0.4, -0.2) is 24.0 Å². The van der Waals surface area contributed by atoms with Gasteiger partial charge in [-0.15, -0.1) is 0 Å². The predicted molar refractivity (Wildman–Crippen MR) is 124 cm³/mol. The first kappa shape index (κ1) is 21.3. The summed E-state index contributed by atoms with van der Waals surface area (Å²) in [5, 5.41) is 0. The van der Waals surface area contributed by atoms with Gasteiger partial charge in [-0.25, -0.2) is 9.98 Å². The molecule has 0 bridgehead atoms. The predicted octanol–water partition coefficient (Wildman–Crippen LogP) is 6.69. The lowest BCUT2D eigenvalue weighted by Gasteiger charge is -2.13. The topological polar surface area (TPSA) is 43.2 Å². The van der Waals surface area contributed by atoms with Crippen molar-refractivity contribution < 1.29 is 9.47 Å². The molecule has 0 fully saturated rings. The van der Waals surface area contributed by atoms with E-state index in [1.165, 1.54) is 0 Å². The molecule has 0 spiro atoms. The van der Waals surface area contributed by atoms with Crippen molar-refractivity contribution in [2.24, 2.45) is 9.98 Å². The summed E-state index contributed by atoms with van der Waals surface area (Å²) >= 11 is 0. The maximum atomic E-state index is 5.94.